The molecule has 0 bridgehead atoms. The number of aliphatic hydroxyl groups is 3. The van der Waals surface area contributed by atoms with Gasteiger partial charge in [-0.2, -0.15) is 0 Å². The van der Waals surface area contributed by atoms with Crippen LogP contribution in [0.3, 0.4) is 0 Å². The Bertz CT molecular complexity index is 282. The molecule has 96 valence electrons. The van der Waals surface area contributed by atoms with Gasteiger partial charge in [0.1, 0.15) is 18.8 Å². The predicted octanol–water partition coefficient (Wildman–Crippen LogP) is -3.18. The van der Waals surface area contributed by atoms with E-state index in [0.717, 1.165) is 0 Å². The largest absolute Gasteiger partial charge is 0.395 e. The van der Waals surface area contributed by atoms with Crippen molar-refractivity contribution in [3.63, 3.8) is 0 Å². The van der Waals surface area contributed by atoms with Crippen LogP contribution >= 0.6 is 6.72 Å². The first-order chi connectivity index (χ1) is 7.19. The Labute approximate surface area is 96.5 Å². The summed E-state index contributed by atoms with van der Waals surface area (Å²) in [5.74, 6) is -1.02. The second-order valence-corrected chi connectivity index (χ2v) is 5.68. The molecule has 0 saturated carbocycles. The summed E-state index contributed by atoms with van der Waals surface area (Å²) in [6.07, 6.45) is -3.56. The van der Waals surface area contributed by atoms with Crippen LogP contribution in [0.5, 0.6) is 0 Å². The first kappa shape index (κ1) is 16.0. The van der Waals surface area contributed by atoms with E-state index in [1.807, 2.05) is 0 Å². The number of hydrogen-bond acceptors (Lipinski definition) is 7. The topological polar surface area (TPSA) is 153 Å². The van der Waals surface area contributed by atoms with Gasteiger partial charge in [-0.3, -0.25) is 4.79 Å². The molecule has 0 aliphatic carbocycles. The second-order valence-electron chi connectivity index (χ2n) is 3.01. The fraction of sp³-hybridized carbons (Fsp3) is 0.833. The van der Waals surface area contributed by atoms with E-state index in [-0.39, 0.29) is 0 Å². The molecule has 0 amide bonds. The molecule has 0 unspecified atom stereocenters. The zero-order valence-corrected chi connectivity index (χ0v) is 9.84. The first-order valence-corrected chi connectivity index (χ1v) is 6.77. The van der Waals surface area contributed by atoms with Crippen molar-refractivity contribution in [2.75, 3.05) is 13.2 Å². The molecule has 7 N–H and O–H groups in total. The first-order valence-electron chi connectivity index (χ1n) is 4.14. The van der Waals surface area contributed by atoms with Crippen LogP contribution in [0.25, 0.3) is 0 Å². The van der Waals surface area contributed by atoms with Crippen LogP contribution in [0.4, 0.5) is 0 Å². The summed E-state index contributed by atoms with van der Waals surface area (Å²) in [5.41, 5.74) is 5.17. The van der Waals surface area contributed by atoms with E-state index < -0.39 is 44.0 Å². The molecule has 0 aromatic rings. The van der Waals surface area contributed by atoms with Crippen LogP contribution in [0, 0.1) is 0 Å². The molecule has 8 nitrogen and oxygen atoms in total. The minimum Gasteiger partial charge on any atom is -0.395 e. The zero-order chi connectivity index (χ0) is 12.9. The average molecular weight is 275 g/mol. The Morgan fingerprint density at radius 2 is 1.94 bits per heavy atom. The van der Waals surface area contributed by atoms with Crippen molar-refractivity contribution in [2.24, 2.45) is 5.73 Å². The third kappa shape index (κ3) is 5.94. The van der Waals surface area contributed by atoms with Gasteiger partial charge in [-0.15, -0.1) is 0 Å². The van der Waals surface area contributed by atoms with Gasteiger partial charge in [0.2, 0.25) is 0 Å². The molecule has 0 aliphatic rings. The van der Waals surface area contributed by atoms with E-state index >= 15 is 0 Å². The highest BCUT2D eigenvalue weighted by atomic mass is 32.5. The third-order valence-electron chi connectivity index (χ3n) is 1.68. The van der Waals surface area contributed by atoms with Crippen molar-refractivity contribution < 1.29 is 34.4 Å². The molecule has 0 heterocycles. The Kier molecular flexibility index (Phi) is 6.71. The Hall–Kier alpha value is 0.0400. The van der Waals surface area contributed by atoms with Crippen LogP contribution in [-0.4, -0.2) is 62.4 Å². The Balaban J connectivity index is 4.23. The number of nitrogens with two attached hydrogens (primary N) is 1. The van der Waals surface area contributed by atoms with Crippen molar-refractivity contribution in [3.8, 4) is 0 Å². The second kappa shape index (κ2) is 6.70. The molecular weight excluding hydrogens is 261 g/mol. The number of carbonyl (C=O) groups excluding carboxylic acids is 1. The molecule has 10 heteroatoms. The lowest BCUT2D eigenvalue weighted by atomic mass is 10.0. The van der Waals surface area contributed by atoms with Gasteiger partial charge in [-0.25, -0.2) is 0 Å². The molecule has 16 heavy (non-hydrogen) atoms. The Morgan fingerprint density at radius 1 is 1.44 bits per heavy atom. The molecule has 0 spiro atoms. The lowest BCUT2D eigenvalue weighted by Gasteiger charge is -2.21. The van der Waals surface area contributed by atoms with Crippen LogP contribution in [0.1, 0.15) is 0 Å². The molecule has 0 saturated heterocycles. The van der Waals surface area contributed by atoms with E-state index in [1.165, 1.54) is 0 Å². The van der Waals surface area contributed by atoms with E-state index in [4.69, 9.17) is 20.6 Å². The zero-order valence-electron chi connectivity index (χ0n) is 8.13. The van der Waals surface area contributed by atoms with Gasteiger partial charge >= 0.3 is 6.72 Å². The quantitative estimate of drug-likeness (QED) is 0.264. The van der Waals surface area contributed by atoms with E-state index in [9.17, 15) is 15.0 Å². The smallest absolute Gasteiger partial charge is 0.322 e. The number of Topliss-reactive ketones (excluding diaryl/α,β-unsaturated/α-hetero) is 1. The van der Waals surface area contributed by atoms with E-state index in [0.29, 0.717) is 0 Å². The highest BCUT2D eigenvalue weighted by Crippen LogP contribution is 2.36. The summed E-state index contributed by atoms with van der Waals surface area (Å²) in [4.78, 5) is 28.4. The van der Waals surface area contributed by atoms with Gasteiger partial charge in [-0.05, 0) is 11.8 Å². The van der Waals surface area contributed by atoms with Crippen LogP contribution < -0.4 is 5.73 Å². The summed E-state index contributed by atoms with van der Waals surface area (Å²) >= 11 is 4.07. The fourth-order valence-electron chi connectivity index (χ4n) is 0.766. The maximum Gasteiger partial charge on any atom is 0.322 e. The highest BCUT2D eigenvalue weighted by molar-refractivity contribution is 8.06. The summed E-state index contributed by atoms with van der Waals surface area (Å²) in [7, 11) is 0. The van der Waals surface area contributed by atoms with Gasteiger partial charge in [0, 0.05) is 0 Å². The minimum atomic E-state index is -3.98. The SMILES string of the molecule is N[C@@H](CO)[C@@H](O)[C@H](O)C(=O)COP(O)(O)=S. The molecule has 0 rings (SSSR count). The van der Waals surface area contributed by atoms with Gasteiger partial charge < -0.3 is 35.4 Å². The minimum absolute atomic E-state index is 0.621. The third-order valence-corrected chi connectivity index (χ3v) is 2.46. The fourth-order valence-corrected chi connectivity index (χ4v) is 1.22. The normalized spacial score (nSPS) is 17.9. The number of rotatable bonds is 7. The van der Waals surface area contributed by atoms with E-state index in [2.05, 4.69) is 16.3 Å². The van der Waals surface area contributed by atoms with Gasteiger partial charge in [0.05, 0.1) is 12.6 Å². The molecule has 0 fully saturated rings. The standard InChI is InChI=1S/C6H14NO7PS/c7-3(1-8)5(10)6(11)4(9)2-14-15(12,13)16/h3,5-6,8,10-11H,1-2,7H2,(H2,12,13,16)/t3-,5+,6+/m0/s1. The monoisotopic (exact) mass is 275 g/mol. The lowest BCUT2D eigenvalue weighted by Crippen LogP contribution is -2.49. The number of hydrogen-bond donors (Lipinski definition) is 6. The average Bonchev–Trinajstić information content (AvgIpc) is 2.21. The van der Waals surface area contributed by atoms with Gasteiger partial charge in [0.15, 0.2) is 5.78 Å². The molecule has 0 radical (unpaired) electrons. The van der Waals surface area contributed by atoms with Crippen molar-refractivity contribution in [1.82, 2.24) is 0 Å². The maximum absolute atomic E-state index is 11.1. The number of ketones is 1. The molecular formula is C6H14NO7PS. The summed E-state index contributed by atoms with van der Waals surface area (Å²) in [6, 6.07) is -1.19. The van der Waals surface area contributed by atoms with Crippen molar-refractivity contribution in [2.45, 2.75) is 18.2 Å². The molecule has 0 aromatic heterocycles. The lowest BCUT2D eigenvalue weighted by molar-refractivity contribution is -0.136. The summed E-state index contributed by atoms with van der Waals surface area (Å²) in [5, 5.41) is 27.0. The predicted molar refractivity (Wildman–Crippen MR) is 56.8 cm³/mol. The van der Waals surface area contributed by atoms with E-state index in [1.54, 1.807) is 0 Å². The summed E-state index contributed by atoms with van der Waals surface area (Å²) in [6.45, 7) is -5.46. The van der Waals surface area contributed by atoms with Crippen molar-refractivity contribution in [3.05, 3.63) is 0 Å². The van der Waals surface area contributed by atoms with Gasteiger partial charge in [0.25, 0.3) is 0 Å². The highest BCUT2D eigenvalue weighted by Gasteiger charge is 2.29. The summed E-state index contributed by atoms with van der Waals surface area (Å²) < 4.78 is 4.19. The van der Waals surface area contributed by atoms with Gasteiger partial charge in [-0.1, -0.05) is 0 Å². The molecule has 0 aromatic carbocycles. The number of aliphatic hydroxyl groups excluding tert-OH is 3. The van der Waals surface area contributed by atoms with Crippen LogP contribution in [-0.2, 0) is 21.1 Å². The number of carbonyl (C=O) groups is 1. The maximum atomic E-state index is 11.1. The molecule has 3 atom stereocenters. The van der Waals surface area contributed by atoms with Crippen LogP contribution in [0.2, 0.25) is 0 Å². The van der Waals surface area contributed by atoms with Crippen molar-refractivity contribution >= 4 is 24.3 Å². The van der Waals surface area contributed by atoms with Crippen LogP contribution in [0.15, 0.2) is 0 Å². The Morgan fingerprint density at radius 3 is 2.31 bits per heavy atom. The molecule has 0 aliphatic heterocycles. The van der Waals surface area contributed by atoms with Crippen molar-refractivity contribution in [1.29, 1.82) is 0 Å².